The maximum absolute atomic E-state index is 7.00. The van der Waals surface area contributed by atoms with E-state index in [1.807, 2.05) is 13.1 Å². The molecule has 0 unspecified atom stereocenters. The van der Waals surface area contributed by atoms with Crippen molar-refractivity contribution in [2.45, 2.75) is 26.7 Å². The number of pyridine rings is 1. The van der Waals surface area contributed by atoms with Crippen molar-refractivity contribution in [2.24, 2.45) is 0 Å². The smallest absolute Gasteiger partial charge is 0.0375 e. The van der Waals surface area contributed by atoms with Gasteiger partial charge in [-0.3, -0.25) is 4.98 Å². The van der Waals surface area contributed by atoms with Crippen molar-refractivity contribution in [1.82, 2.24) is 4.98 Å². The normalized spacial score (nSPS) is 8.67. The molecule has 68 valence electrons. The molecule has 0 radical (unpaired) electrons. The Balaban J connectivity index is 0.000000561. The minimum Gasteiger partial charge on any atom is -0.400 e. The van der Waals surface area contributed by atoms with E-state index in [0.29, 0.717) is 0 Å². The lowest BCUT2D eigenvalue weighted by atomic mass is 10.1. The van der Waals surface area contributed by atoms with E-state index in [4.69, 9.17) is 5.11 Å². The van der Waals surface area contributed by atoms with Gasteiger partial charge in [0.15, 0.2) is 0 Å². The van der Waals surface area contributed by atoms with E-state index in [-0.39, 0.29) is 0 Å². The lowest BCUT2D eigenvalue weighted by molar-refractivity contribution is 0.399. The zero-order valence-corrected chi connectivity index (χ0v) is 8.04. The van der Waals surface area contributed by atoms with Gasteiger partial charge in [-0.15, -0.1) is 0 Å². The van der Waals surface area contributed by atoms with Gasteiger partial charge in [0.25, 0.3) is 0 Å². The average Bonchev–Trinajstić information content (AvgIpc) is 2.09. The number of rotatable bonds is 2. The molecule has 0 bridgehead atoms. The zero-order valence-electron chi connectivity index (χ0n) is 8.04. The van der Waals surface area contributed by atoms with Crippen molar-refractivity contribution in [3.63, 3.8) is 0 Å². The SMILES string of the molecule is CCCc1ccnc(C)c1.CO. The van der Waals surface area contributed by atoms with Crippen LogP contribution in [0.1, 0.15) is 24.6 Å². The standard InChI is InChI=1S/C9H13N.CH4O/c1-3-4-9-5-6-10-8(2)7-9;1-2/h5-7H,3-4H2,1-2H3;2H,1H3. The highest BCUT2D eigenvalue weighted by atomic mass is 16.2. The molecule has 0 atom stereocenters. The highest BCUT2D eigenvalue weighted by molar-refractivity contribution is 5.15. The molecular weight excluding hydrogens is 150 g/mol. The summed E-state index contributed by atoms with van der Waals surface area (Å²) in [4.78, 5) is 4.12. The third-order valence-electron chi connectivity index (χ3n) is 1.50. The summed E-state index contributed by atoms with van der Waals surface area (Å²) in [6.45, 7) is 4.22. The minimum atomic E-state index is 1.00. The molecule has 0 fully saturated rings. The maximum atomic E-state index is 7.00. The Morgan fingerprint density at radius 2 is 2.08 bits per heavy atom. The second kappa shape index (κ2) is 6.80. The molecule has 0 saturated carbocycles. The molecule has 2 nitrogen and oxygen atoms in total. The van der Waals surface area contributed by atoms with E-state index in [1.165, 1.54) is 18.4 Å². The quantitative estimate of drug-likeness (QED) is 0.730. The summed E-state index contributed by atoms with van der Waals surface area (Å²) in [6, 6.07) is 4.22. The molecule has 2 heteroatoms. The van der Waals surface area contributed by atoms with Crippen LogP contribution in [0.4, 0.5) is 0 Å². The lowest BCUT2D eigenvalue weighted by Crippen LogP contribution is -1.85. The number of aliphatic hydroxyl groups excluding tert-OH is 1. The molecule has 0 aromatic carbocycles. The van der Waals surface area contributed by atoms with Crippen LogP contribution in [-0.2, 0) is 6.42 Å². The highest BCUT2D eigenvalue weighted by Crippen LogP contribution is 2.02. The van der Waals surface area contributed by atoms with Gasteiger partial charge in [0.05, 0.1) is 0 Å². The third-order valence-corrected chi connectivity index (χ3v) is 1.50. The van der Waals surface area contributed by atoms with Crippen LogP contribution >= 0.6 is 0 Å². The largest absolute Gasteiger partial charge is 0.400 e. The predicted molar refractivity (Wildman–Crippen MR) is 51.1 cm³/mol. The molecule has 0 aliphatic heterocycles. The molecule has 12 heavy (non-hydrogen) atoms. The van der Waals surface area contributed by atoms with E-state index in [9.17, 15) is 0 Å². The predicted octanol–water partition coefficient (Wildman–Crippen LogP) is 1.95. The summed E-state index contributed by atoms with van der Waals surface area (Å²) in [5, 5.41) is 7.00. The fourth-order valence-electron chi connectivity index (χ4n) is 1.05. The van der Waals surface area contributed by atoms with Gasteiger partial charge in [0.1, 0.15) is 0 Å². The van der Waals surface area contributed by atoms with Gasteiger partial charge in [-0.1, -0.05) is 13.3 Å². The monoisotopic (exact) mass is 167 g/mol. The van der Waals surface area contributed by atoms with Gasteiger partial charge < -0.3 is 5.11 Å². The minimum absolute atomic E-state index is 1.00. The van der Waals surface area contributed by atoms with Crippen LogP contribution in [0.15, 0.2) is 18.3 Å². The summed E-state index contributed by atoms with van der Waals surface area (Å²) < 4.78 is 0. The van der Waals surface area contributed by atoms with Crippen LogP contribution in [-0.4, -0.2) is 17.2 Å². The lowest BCUT2D eigenvalue weighted by Gasteiger charge is -1.97. The Morgan fingerprint density at radius 3 is 2.58 bits per heavy atom. The van der Waals surface area contributed by atoms with Crippen molar-refractivity contribution in [1.29, 1.82) is 0 Å². The fourth-order valence-corrected chi connectivity index (χ4v) is 1.05. The second-order valence-electron chi connectivity index (χ2n) is 2.56. The molecule has 0 spiro atoms. The first-order chi connectivity index (χ1) is 5.83. The number of hydrogen-bond acceptors (Lipinski definition) is 2. The van der Waals surface area contributed by atoms with Crippen molar-refractivity contribution in [3.8, 4) is 0 Å². The first-order valence-corrected chi connectivity index (χ1v) is 4.19. The molecule has 0 amide bonds. The van der Waals surface area contributed by atoms with Crippen molar-refractivity contribution in [3.05, 3.63) is 29.6 Å². The van der Waals surface area contributed by atoms with Gasteiger partial charge in [0, 0.05) is 19.0 Å². The van der Waals surface area contributed by atoms with E-state index in [1.54, 1.807) is 0 Å². The van der Waals surface area contributed by atoms with Gasteiger partial charge >= 0.3 is 0 Å². The maximum Gasteiger partial charge on any atom is 0.0375 e. The molecule has 1 heterocycles. The number of aromatic nitrogens is 1. The topological polar surface area (TPSA) is 33.1 Å². The van der Waals surface area contributed by atoms with Gasteiger partial charge in [-0.05, 0) is 31.0 Å². The van der Waals surface area contributed by atoms with Crippen LogP contribution in [0.5, 0.6) is 0 Å². The van der Waals surface area contributed by atoms with E-state index in [0.717, 1.165) is 12.8 Å². The number of aryl methyl sites for hydroxylation is 2. The second-order valence-corrected chi connectivity index (χ2v) is 2.56. The molecule has 0 aliphatic carbocycles. The number of hydrogen-bond donors (Lipinski definition) is 1. The Bertz CT molecular complexity index is 211. The molecule has 1 N–H and O–H groups in total. The summed E-state index contributed by atoms with van der Waals surface area (Å²) in [5.41, 5.74) is 2.51. The summed E-state index contributed by atoms with van der Waals surface area (Å²) in [5.74, 6) is 0. The van der Waals surface area contributed by atoms with Gasteiger partial charge in [-0.2, -0.15) is 0 Å². The molecule has 0 saturated heterocycles. The summed E-state index contributed by atoms with van der Waals surface area (Å²) in [6.07, 6.45) is 4.26. The Hall–Kier alpha value is -0.890. The Labute approximate surface area is 74.3 Å². The van der Waals surface area contributed by atoms with Crippen LogP contribution in [0.2, 0.25) is 0 Å². The molecule has 1 aromatic heterocycles. The Morgan fingerprint density at radius 1 is 1.42 bits per heavy atom. The first kappa shape index (κ1) is 11.1. The number of nitrogens with zero attached hydrogens (tertiary/aromatic N) is 1. The fraction of sp³-hybridized carbons (Fsp3) is 0.500. The summed E-state index contributed by atoms with van der Waals surface area (Å²) >= 11 is 0. The first-order valence-electron chi connectivity index (χ1n) is 4.19. The van der Waals surface area contributed by atoms with Crippen LogP contribution in [0, 0.1) is 6.92 Å². The van der Waals surface area contributed by atoms with Crippen molar-refractivity contribution in [2.75, 3.05) is 7.11 Å². The molecular formula is C10H17NO. The Kier molecular flexibility index (Phi) is 6.29. The zero-order chi connectivity index (χ0) is 9.40. The summed E-state index contributed by atoms with van der Waals surface area (Å²) in [7, 11) is 1.00. The van der Waals surface area contributed by atoms with Crippen LogP contribution < -0.4 is 0 Å². The van der Waals surface area contributed by atoms with E-state index in [2.05, 4.69) is 24.0 Å². The van der Waals surface area contributed by atoms with Crippen molar-refractivity contribution >= 4 is 0 Å². The van der Waals surface area contributed by atoms with E-state index >= 15 is 0 Å². The van der Waals surface area contributed by atoms with E-state index < -0.39 is 0 Å². The highest BCUT2D eigenvalue weighted by Gasteiger charge is 1.89. The van der Waals surface area contributed by atoms with Gasteiger partial charge in [0.2, 0.25) is 0 Å². The third kappa shape index (κ3) is 4.09. The average molecular weight is 167 g/mol. The van der Waals surface area contributed by atoms with Crippen LogP contribution in [0.25, 0.3) is 0 Å². The van der Waals surface area contributed by atoms with Gasteiger partial charge in [-0.25, -0.2) is 0 Å². The van der Waals surface area contributed by atoms with Crippen LogP contribution in [0.3, 0.4) is 0 Å². The van der Waals surface area contributed by atoms with Crippen molar-refractivity contribution < 1.29 is 5.11 Å². The number of aliphatic hydroxyl groups is 1. The molecule has 1 rings (SSSR count). The molecule has 1 aromatic rings. The molecule has 0 aliphatic rings.